The van der Waals surface area contributed by atoms with E-state index in [-0.39, 0.29) is 17.3 Å². The molecule has 0 radical (unpaired) electrons. The third-order valence-corrected chi connectivity index (χ3v) is 5.05. The van der Waals surface area contributed by atoms with Crippen LogP contribution in [0.1, 0.15) is 31.3 Å². The monoisotopic (exact) mass is 298 g/mol. The molecule has 0 fully saturated rings. The fraction of sp³-hybridized carbons (Fsp3) is 0. The Morgan fingerprint density at radius 1 is 0.950 bits per heavy atom. The van der Waals surface area contributed by atoms with E-state index in [4.69, 9.17) is 0 Å². The van der Waals surface area contributed by atoms with Crippen LogP contribution in [0.3, 0.4) is 0 Å². The van der Waals surface area contributed by atoms with Crippen molar-refractivity contribution in [2.45, 2.75) is 0 Å². The predicted octanol–water partition coefficient (Wildman–Crippen LogP) is 3.04. The number of nitrogens with zero attached hydrogens (tertiary/aromatic N) is 2. The lowest BCUT2D eigenvalue weighted by Crippen LogP contribution is -2.19. The Morgan fingerprint density at radius 2 is 1.70 bits per heavy atom. The van der Waals surface area contributed by atoms with Crippen molar-refractivity contribution in [2.24, 2.45) is 0 Å². The summed E-state index contributed by atoms with van der Waals surface area (Å²) >= 11 is 2.67. The van der Waals surface area contributed by atoms with Crippen LogP contribution in [0.5, 0.6) is 0 Å². The summed E-state index contributed by atoms with van der Waals surface area (Å²) in [7, 11) is 0. The molecule has 6 heteroatoms. The highest BCUT2D eigenvalue weighted by atomic mass is 32.1. The number of benzene rings is 1. The molecule has 0 spiro atoms. The van der Waals surface area contributed by atoms with Crippen LogP contribution in [-0.2, 0) is 0 Å². The maximum absolute atomic E-state index is 12.4. The smallest absolute Gasteiger partial charge is 0.213 e. The number of carbonyl (C=O) groups is 2. The van der Waals surface area contributed by atoms with Gasteiger partial charge < -0.3 is 0 Å². The normalized spacial score (nSPS) is 13.2. The average Bonchev–Trinajstić information content (AvgIpc) is 3.13. The summed E-state index contributed by atoms with van der Waals surface area (Å²) in [5, 5.41) is 3.20. The van der Waals surface area contributed by atoms with Crippen molar-refractivity contribution in [1.29, 1.82) is 0 Å². The van der Waals surface area contributed by atoms with E-state index in [1.807, 2.05) is 5.38 Å². The minimum absolute atomic E-state index is 0.129. The maximum Gasteiger partial charge on any atom is 0.213 e. The number of hydrogen-bond acceptors (Lipinski definition) is 6. The van der Waals surface area contributed by atoms with Crippen molar-refractivity contribution in [3.63, 3.8) is 0 Å². The number of fused-ring (bicyclic) bond motifs is 2. The van der Waals surface area contributed by atoms with Crippen molar-refractivity contribution in [3.05, 3.63) is 57.5 Å². The number of ketones is 2. The summed E-state index contributed by atoms with van der Waals surface area (Å²) < 4.78 is 0. The van der Waals surface area contributed by atoms with Crippen LogP contribution < -0.4 is 0 Å². The number of hydrogen-bond donors (Lipinski definition) is 0. The second-order valence-corrected chi connectivity index (χ2v) is 6.13. The zero-order chi connectivity index (χ0) is 13.7. The largest absolute Gasteiger partial charge is 0.288 e. The van der Waals surface area contributed by atoms with Crippen molar-refractivity contribution >= 4 is 34.2 Å². The third kappa shape index (κ3) is 1.52. The standard InChI is InChI=1S/C14H6N2O2S2/c17-10-7-3-1-2-4-8(7)11(18)12-9(10)16-14(20-12)13-15-5-6-19-13/h1-6H. The molecule has 4 rings (SSSR count). The minimum atomic E-state index is -0.186. The van der Waals surface area contributed by atoms with Crippen LogP contribution in [-0.4, -0.2) is 21.5 Å². The molecular weight excluding hydrogens is 292 g/mol. The molecule has 2 heterocycles. The minimum Gasteiger partial charge on any atom is -0.288 e. The van der Waals surface area contributed by atoms with Gasteiger partial charge in [-0.25, -0.2) is 9.97 Å². The number of carbonyl (C=O) groups excluding carboxylic acids is 2. The van der Waals surface area contributed by atoms with Gasteiger partial charge in [0.15, 0.2) is 10.0 Å². The molecule has 4 nitrogen and oxygen atoms in total. The zero-order valence-electron chi connectivity index (χ0n) is 9.99. The van der Waals surface area contributed by atoms with Gasteiger partial charge in [-0.15, -0.1) is 22.7 Å². The van der Waals surface area contributed by atoms with E-state index in [0.29, 0.717) is 21.0 Å². The first kappa shape index (κ1) is 11.6. The highest BCUT2D eigenvalue weighted by Gasteiger charge is 2.33. The van der Waals surface area contributed by atoms with E-state index >= 15 is 0 Å². The molecule has 0 unspecified atom stereocenters. The van der Waals surface area contributed by atoms with Gasteiger partial charge in [-0.1, -0.05) is 24.3 Å². The summed E-state index contributed by atoms with van der Waals surface area (Å²) in [5.74, 6) is -0.315. The molecule has 0 saturated carbocycles. The van der Waals surface area contributed by atoms with Gasteiger partial charge in [-0.05, 0) is 0 Å². The molecule has 0 N–H and O–H groups in total. The van der Waals surface area contributed by atoms with Crippen LogP contribution in [0.4, 0.5) is 0 Å². The SMILES string of the molecule is O=C1c2ccccc2C(=O)c2sc(-c3nccs3)nc21. The molecule has 0 bridgehead atoms. The van der Waals surface area contributed by atoms with Gasteiger partial charge in [0.2, 0.25) is 11.6 Å². The first-order valence-electron chi connectivity index (χ1n) is 5.85. The first-order chi connectivity index (χ1) is 9.75. The van der Waals surface area contributed by atoms with Gasteiger partial charge in [0.25, 0.3) is 0 Å². The highest BCUT2D eigenvalue weighted by molar-refractivity contribution is 7.22. The Balaban J connectivity index is 1.94. The maximum atomic E-state index is 12.4. The molecule has 1 aliphatic rings. The fourth-order valence-electron chi connectivity index (χ4n) is 2.18. The Labute approximate surface area is 121 Å². The van der Waals surface area contributed by atoms with Gasteiger partial charge in [0, 0.05) is 22.7 Å². The van der Waals surface area contributed by atoms with Crippen molar-refractivity contribution < 1.29 is 9.59 Å². The van der Waals surface area contributed by atoms with Crippen LogP contribution in [0, 0.1) is 0 Å². The Kier molecular flexibility index (Phi) is 2.42. The molecule has 3 aromatic rings. The third-order valence-electron chi connectivity index (χ3n) is 3.08. The lowest BCUT2D eigenvalue weighted by molar-refractivity contribution is 0.0979. The molecule has 2 aromatic heterocycles. The molecule has 0 atom stereocenters. The van der Waals surface area contributed by atoms with E-state index in [0.717, 1.165) is 5.01 Å². The molecule has 1 aliphatic carbocycles. The zero-order valence-corrected chi connectivity index (χ0v) is 11.6. The highest BCUT2D eigenvalue weighted by Crippen LogP contribution is 2.35. The Hall–Kier alpha value is -2.18. The van der Waals surface area contributed by atoms with Crippen LogP contribution in [0.2, 0.25) is 0 Å². The van der Waals surface area contributed by atoms with E-state index in [9.17, 15) is 9.59 Å². The molecule has 0 amide bonds. The predicted molar refractivity (Wildman–Crippen MR) is 76.5 cm³/mol. The Morgan fingerprint density at radius 3 is 2.40 bits per heavy atom. The van der Waals surface area contributed by atoms with Crippen molar-refractivity contribution in [1.82, 2.24) is 9.97 Å². The van der Waals surface area contributed by atoms with E-state index in [2.05, 4.69) is 9.97 Å². The molecular formula is C14H6N2O2S2. The van der Waals surface area contributed by atoms with Crippen molar-refractivity contribution in [3.8, 4) is 10.0 Å². The summed E-state index contributed by atoms with van der Waals surface area (Å²) in [6, 6.07) is 6.86. The topological polar surface area (TPSA) is 59.9 Å². The summed E-state index contributed by atoms with van der Waals surface area (Å²) in [5.41, 5.74) is 1.14. The average molecular weight is 298 g/mol. The quantitative estimate of drug-likeness (QED) is 0.542. The second-order valence-electron chi connectivity index (χ2n) is 4.24. The van der Waals surface area contributed by atoms with E-state index in [1.54, 1.807) is 30.5 Å². The number of thiazole rings is 2. The summed E-state index contributed by atoms with van der Waals surface area (Å²) in [4.78, 5) is 33.8. The second kappa shape index (κ2) is 4.16. The molecule has 0 aliphatic heterocycles. The fourth-order valence-corrected chi connectivity index (χ4v) is 3.87. The lowest BCUT2D eigenvalue weighted by Gasteiger charge is -2.11. The summed E-state index contributed by atoms with van der Waals surface area (Å²) in [6.45, 7) is 0. The van der Waals surface area contributed by atoms with Crippen molar-refractivity contribution in [2.75, 3.05) is 0 Å². The van der Waals surface area contributed by atoms with E-state index in [1.165, 1.54) is 22.7 Å². The van der Waals surface area contributed by atoms with E-state index < -0.39 is 0 Å². The molecule has 1 aromatic carbocycles. The van der Waals surface area contributed by atoms with Crippen LogP contribution in [0.25, 0.3) is 10.0 Å². The van der Waals surface area contributed by atoms with Crippen LogP contribution >= 0.6 is 22.7 Å². The molecule has 20 heavy (non-hydrogen) atoms. The van der Waals surface area contributed by atoms with Gasteiger partial charge in [-0.3, -0.25) is 9.59 Å². The summed E-state index contributed by atoms with van der Waals surface area (Å²) in [6.07, 6.45) is 1.68. The molecule has 0 saturated heterocycles. The van der Waals surface area contributed by atoms with Gasteiger partial charge >= 0.3 is 0 Å². The van der Waals surface area contributed by atoms with Gasteiger partial charge in [0.05, 0.1) is 0 Å². The lowest BCUT2D eigenvalue weighted by atomic mass is 9.91. The number of rotatable bonds is 1. The molecule has 96 valence electrons. The van der Waals surface area contributed by atoms with Crippen LogP contribution in [0.15, 0.2) is 35.8 Å². The van der Waals surface area contributed by atoms with Gasteiger partial charge in [-0.2, -0.15) is 0 Å². The number of aromatic nitrogens is 2. The van der Waals surface area contributed by atoms with Gasteiger partial charge in [0.1, 0.15) is 10.6 Å². The Bertz CT molecular complexity index is 797. The first-order valence-corrected chi connectivity index (χ1v) is 7.54.